The summed E-state index contributed by atoms with van der Waals surface area (Å²) in [5.74, 6) is -3.33. The van der Waals surface area contributed by atoms with Gasteiger partial charge in [0.25, 0.3) is 0 Å². The lowest BCUT2D eigenvalue weighted by atomic mass is 9.98. The van der Waals surface area contributed by atoms with E-state index in [4.69, 9.17) is 23.7 Å². The van der Waals surface area contributed by atoms with Gasteiger partial charge in [-0.1, -0.05) is 235 Å². The van der Waals surface area contributed by atoms with Gasteiger partial charge in [-0.3, -0.25) is 14.4 Å². The maximum atomic E-state index is 13.2. The van der Waals surface area contributed by atoms with Crippen molar-refractivity contribution in [2.75, 3.05) is 13.2 Å². The Morgan fingerprint density at radius 1 is 0.379 bits per heavy atom. The number of hydrogen-bond acceptors (Lipinski definition) is 11. The molecule has 0 aromatic rings. The quantitative estimate of drug-likeness (QED) is 0.0228. The predicted octanol–water partition coefficient (Wildman–Crippen LogP) is 18.0. The van der Waals surface area contributed by atoms with Crippen LogP contribution in [0.5, 0.6) is 0 Å². The van der Waals surface area contributed by atoms with Crippen molar-refractivity contribution in [2.45, 2.75) is 250 Å². The fourth-order valence-electron chi connectivity index (χ4n) is 8.59. The molecule has 12 nitrogen and oxygen atoms in total. The highest BCUT2D eigenvalue weighted by Crippen LogP contribution is 2.26. The summed E-state index contributed by atoms with van der Waals surface area (Å²) in [5.41, 5.74) is 0. The Bertz CT molecular complexity index is 2210. The van der Waals surface area contributed by atoms with Gasteiger partial charge in [0, 0.05) is 19.3 Å². The van der Waals surface area contributed by atoms with Crippen LogP contribution in [0.4, 0.5) is 0 Å². The number of carboxylic acids is 1. The molecule has 1 aliphatic rings. The van der Waals surface area contributed by atoms with Gasteiger partial charge in [0.2, 0.25) is 0 Å². The summed E-state index contributed by atoms with van der Waals surface area (Å²) in [6, 6.07) is 0. The number of aliphatic carboxylic acids is 1. The zero-order valence-electron chi connectivity index (χ0n) is 53.4. The minimum Gasteiger partial charge on any atom is -0.479 e. The highest BCUT2D eigenvalue weighted by atomic mass is 16.7. The molecule has 1 heterocycles. The molecule has 0 aromatic carbocycles. The third-order valence-electron chi connectivity index (χ3n) is 13.5. The second-order valence-corrected chi connectivity index (χ2v) is 21.2. The highest BCUT2D eigenvalue weighted by Gasteiger charge is 2.50. The molecule has 1 aliphatic heterocycles. The van der Waals surface area contributed by atoms with E-state index in [-0.39, 0.29) is 25.9 Å². The van der Waals surface area contributed by atoms with Crippen molar-refractivity contribution >= 4 is 23.9 Å². The first kappa shape index (κ1) is 78.8. The molecule has 12 heteroatoms. The fraction of sp³-hybridized carbons (Fsp3) is 0.547. The number of ether oxygens (including phenoxy) is 5. The molecule has 6 atom stereocenters. The van der Waals surface area contributed by atoms with Crippen LogP contribution >= 0.6 is 0 Å². The molecule has 0 radical (unpaired) electrons. The van der Waals surface area contributed by atoms with Crippen molar-refractivity contribution in [1.29, 1.82) is 0 Å². The monoisotopic (exact) mass is 1200 g/mol. The van der Waals surface area contributed by atoms with Crippen molar-refractivity contribution in [3.05, 3.63) is 182 Å². The normalized spacial score (nSPS) is 18.6. The topological polar surface area (TPSA) is 175 Å². The lowest BCUT2D eigenvalue weighted by molar-refractivity contribution is -0.301. The van der Waals surface area contributed by atoms with Gasteiger partial charge in [0.15, 0.2) is 24.6 Å². The second kappa shape index (κ2) is 60.1. The van der Waals surface area contributed by atoms with E-state index in [1.807, 2.05) is 12.2 Å². The van der Waals surface area contributed by atoms with E-state index in [9.17, 15) is 34.5 Å². The Hall–Kier alpha value is -6.18. The molecule has 0 amide bonds. The zero-order chi connectivity index (χ0) is 63.1. The molecule has 3 N–H and O–H groups in total. The van der Waals surface area contributed by atoms with Crippen LogP contribution in [0.15, 0.2) is 182 Å². The Kier molecular flexibility index (Phi) is 54.5. The van der Waals surface area contributed by atoms with E-state index in [1.165, 1.54) is 0 Å². The van der Waals surface area contributed by atoms with Crippen LogP contribution in [0.2, 0.25) is 0 Å². The van der Waals surface area contributed by atoms with Crippen molar-refractivity contribution in [3.8, 4) is 0 Å². The average Bonchev–Trinajstić information content (AvgIpc) is 2.56. The number of hydrogen-bond donors (Lipinski definition) is 3. The molecule has 0 aliphatic carbocycles. The third kappa shape index (κ3) is 49.5. The first-order valence-corrected chi connectivity index (χ1v) is 32.8. The van der Waals surface area contributed by atoms with Crippen LogP contribution < -0.4 is 0 Å². The minimum absolute atomic E-state index is 0.0213. The van der Waals surface area contributed by atoms with E-state index < -0.39 is 67.3 Å². The molecule has 1 saturated heterocycles. The molecule has 0 bridgehead atoms. The molecule has 0 aromatic heterocycles. The largest absolute Gasteiger partial charge is 0.479 e. The summed E-state index contributed by atoms with van der Waals surface area (Å²) in [4.78, 5) is 51.4. The van der Waals surface area contributed by atoms with Crippen molar-refractivity contribution in [3.63, 3.8) is 0 Å². The Balaban J connectivity index is 2.76. The summed E-state index contributed by atoms with van der Waals surface area (Å²) in [6.45, 7) is 5.55. The number of aliphatic hydroxyl groups is 2. The van der Waals surface area contributed by atoms with Gasteiger partial charge in [0.1, 0.15) is 18.8 Å². The summed E-state index contributed by atoms with van der Waals surface area (Å²) in [5, 5.41) is 31.6. The number of esters is 3. The summed E-state index contributed by atoms with van der Waals surface area (Å²) < 4.78 is 28.4. The van der Waals surface area contributed by atoms with E-state index in [0.29, 0.717) is 25.7 Å². The van der Waals surface area contributed by atoms with Gasteiger partial charge in [-0.15, -0.1) is 0 Å². The number of aliphatic hydroxyl groups excluding tert-OH is 2. The van der Waals surface area contributed by atoms with Crippen LogP contribution in [0.3, 0.4) is 0 Å². The minimum atomic E-state index is -1.94. The Morgan fingerprint density at radius 3 is 1.10 bits per heavy atom. The molecular formula is C75H112O12. The standard InChI is InChI=1S/C75H112O12/c1-4-7-10-13-16-19-22-25-28-31-34-37-40-43-46-49-52-55-58-61-67(76)83-64-66(85-68(77)62-59-56-53-50-47-44-41-38-35-32-29-26-23-20-17-14-11-8-5-2)65-84-75-73(71(80)70(79)72(87-75)74(81)82)86-69(78)63-60-57-54-51-48-45-42-39-36-33-30-27-24-21-18-15-12-9-6-3/h7-12,16-21,25-30,34-39,43-44,46-47,52,55,66,70-73,75,79-80H,4-6,13-15,22-24,31-33,40-42,45,48-51,53-54,56-65H2,1-3H3,(H,81,82)/b10-7-,11-8-,12-9-,19-16-,20-17-,21-18-,28-25-,29-26-,30-27-,37-34-,38-35-,39-36-,46-43-,47-44-,55-52-. The Labute approximate surface area is 525 Å². The number of carbonyl (C=O) groups excluding carboxylic acids is 3. The van der Waals surface area contributed by atoms with Crippen LogP contribution in [-0.4, -0.2) is 89.2 Å². The number of rotatable bonds is 53. The SMILES string of the molecule is CC/C=C\C/C=C\C/C=C\C/C=C\C/C=C\C/C=C\CCC(=O)OCC(COC1OC(C(=O)O)C(O)C(O)C1OC(=O)CCCCCCCC/C=C\C/C=C\C/C=C\C/C=C\CC)OC(=O)CCCCC/C=C\C/C=C\C/C=C\C/C=C\C/C=C\CC. The van der Waals surface area contributed by atoms with Gasteiger partial charge in [-0.05, 0) is 141 Å². The lowest BCUT2D eigenvalue weighted by Gasteiger charge is -2.40. The summed E-state index contributed by atoms with van der Waals surface area (Å²) >= 11 is 0. The lowest BCUT2D eigenvalue weighted by Crippen LogP contribution is -2.61. The van der Waals surface area contributed by atoms with E-state index >= 15 is 0 Å². The molecule has 0 spiro atoms. The first-order valence-electron chi connectivity index (χ1n) is 32.8. The third-order valence-corrected chi connectivity index (χ3v) is 13.5. The van der Waals surface area contributed by atoms with Crippen molar-refractivity contribution in [1.82, 2.24) is 0 Å². The predicted molar refractivity (Wildman–Crippen MR) is 358 cm³/mol. The molecule has 0 saturated carbocycles. The van der Waals surface area contributed by atoms with E-state index in [1.54, 1.807) is 0 Å². The van der Waals surface area contributed by atoms with Gasteiger partial charge in [-0.25, -0.2) is 4.79 Å². The van der Waals surface area contributed by atoms with Crippen LogP contribution in [0.1, 0.15) is 213 Å². The van der Waals surface area contributed by atoms with E-state index in [2.05, 4.69) is 191 Å². The van der Waals surface area contributed by atoms with Gasteiger partial charge in [-0.2, -0.15) is 0 Å². The highest BCUT2D eigenvalue weighted by molar-refractivity contribution is 5.74. The smallest absolute Gasteiger partial charge is 0.335 e. The van der Waals surface area contributed by atoms with Gasteiger partial charge >= 0.3 is 23.9 Å². The Morgan fingerprint density at radius 2 is 0.713 bits per heavy atom. The second-order valence-electron chi connectivity index (χ2n) is 21.2. The van der Waals surface area contributed by atoms with Crippen LogP contribution in [-0.2, 0) is 42.9 Å². The van der Waals surface area contributed by atoms with Gasteiger partial charge < -0.3 is 39.0 Å². The number of carbonyl (C=O) groups is 4. The molecular weight excluding hydrogens is 1090 g/mol. The molecule has 6 unspecified atom stereocenters. The maximum Gasteiger partial charge on any atom is 0.335 e. The maximum absolute atomic E-state index is 13.2. The number of unbranched alkanes of at least 4 members (excludes halogenated alkanes) is 9. The first-order chi connectivity index (χ1) is 42.6. The van der Waals surface area contributed by atoms with E-state index in [0.717, 1.165) is 148 Å². The molecule has 87 heavy (non-hydrogen) atoms. The average molecular weight is 1210 g/mol. The zero-order valence-corrected chi connectivity index (χ0v) is 53.4. The van der Waals surface area contributed by atoms with Gasteiger partial charge in [0.05, 0.1) is 6.61 Å². The van der Waals surface area contributed by atoms with Crippen molar-refractivity contribution in [2.24, 2.45) is 0 Å². The molecule has 484 valence electrons. The fourth-order valence-corrected chi connectivity index (χ4v) is 8.59. The summed E-state index contributed by atoms with van der Waals surface area (Å²) in [6.07, 6.45) is 78.5. The van der Waals surface area contributed by atoms with Crippen LogP contribution in [0, 0.1) is 0 Å². The van der Waals surface area contributed by atoms with Crippen LogP contribution in [0.25, 0.3) is 0 Å². The summed E-state index contributed by atoms with van der Waals surface area (Å²) in [7, 11) is 0. The molecule has 1 rings (SSSR count). The van der Waals surface area contributed by atoms with Crippen molar-refractivity contribution < 1.29 is 58.2 Å². The number of carboxylic acid groups (broad SMARTS) is 1. The number of allylic oxidation sites excluding steroid dienone is 30. The molecule has 1 fully saturated rings.